The van der Waals surface area contributed by atoms with Crippen LogP contribution in [0, 0.1) is 19.8 Å². The Morgan fingerprint density at radius 2 is 2.14 bits per heavy atom. The van der Waals surface area contributed by atoms with Crippen LogP contribution in [0.2, 0.25) is 0 Å². The molecule has 0 saturated heterocycles. The van der Waals surface area contributed by atoms with Crippen molar-refractivity contribution in [1.29, 1.82) is 0 Å². The molecule has 4 nitrogen and oxygen atoms in total. The maximum atomic E-state index is 11.8. The van der Waals surface area contributed by atoms with E-state index in [4.69, 9.17) is 4.74 Å². The van der Waals surface area contributed by atoms with E-state index >= 15 is 0 Å². The zero-order chi connectivity index (χ0) is 15.2. The molecule has 1 aliphatic carbocycles. The Bertz CT molecular complexity index is 563. The number of ether oxygens (including phenoxy) is 1. The summed E-state index contributed by atoms with van der Waals surface area (Å²) in [6.45, 7) is 3.70. The number of allylic oxidation sites excluding steroid dienone is 2. The fourth-order valence-corrected chi connectivity index (χ4v) is 2.36. The number of amides is 1. The van der Waals surface area contributed by atoms with Gasteiger partial charge in [0.05, 0.1) is 6.42 Å². The number of hydrogen-bond donors (Lipinski definition) is 1. The number of benzene rings is 1. The van der Waals surface area contributed by atoms with E-state index in [0.717, 1.165) is 29.7 Å². The van der Waals surface area contributed by atoms with Crippen molar-refractivity contribution in [2.75, 3.05) is 11.9 Å². The molecule has 0 heterocycles. The molecule has 0 bridgehead atoms. The minimum atomic E-state index is -0.317. The summed E-state index contributed by atoms with van der Waals surface area (Å²) in [5.41, 5.74) is 2.89. The van der Waals surface area contributed by atoms with E-state index in [-0.39, 0.29) is 24.4 Å². The lowest BCUT2D eigenvalue weighted by molar-refractivity contribution is -0.147. The number of carbonyl (C=O) groups is 2. The predicted molar refractivity (Wildman–Crippen MR) is 82.0 cm³/mol. The van der Waals surface area contributed by atoms with Crippen LogP contribution in [0.3, 0.4) is 0 Å². The van der Waals surface area contributed by atoms with Gasteiger partial charge in [-0.05, 0) is 49.8 Å². The monoisotopic (exact) mass is 287 g/mol. The zero-order valence-electron chi connectivity index (χ0n) is 12.5. The molecule has 2 rings (SSSR count). The molecule has 1 aromatic rings. The average Bonchev–Trinajstić information content (AvgIpc) is 2.94. The van der Waals surface area contributed by atoms with Crippen molar-refractivity contribution < 1.29 is 14.3 Å². The largest absolute Gasteiger partial charge is 0.456 e. The predicted octanol–water partition coefficient (Wildman–Crippen LogP) is 3.14. The van der Waals surface area contributed by atoms with Gasteiger partial charge in [-0.1, -0.05) is 24.3 Å². The van der Waals surface area contributed by atoms with Crippen LogP contribution >= 0.6 is 0 Å². The maximum Gasteiger partial charge on any atom is 0.306 e. The van der Waals surface area contributed by atoms with Crippen molar-refractivity contribution in [1.82, 2.24) is 0 Å². The van der Waals surface area contributed by atoms with Crippen LogP contribution in [-0.2, 0) is 14.3 Å². The molecular formula is C17H21NO3. The van der Waals surface area contributed by atoms with Crippen LogP contribution in [-0.4, -0.2) is 18.5 Å². The summed E-state index contributed by atoms with van der Waals surface area (Å²) in [6.07, 6.45) is 6.48. The fraction of sp³-hybridized carbons (Fsp3) is 0.412. The molecule has 0 spiro atoms. The van der Waals surface area contributed by atoms with Gasteiger partial charge in [0.2, 0.25) is 0 Å². The van der Waals surface area contributed by atoms with Crippen LogP contribution < -0.4 is 5.32 Å². The van der Waals surface area contributed by atoms with Crippen LogP contribution in [0.4, 0.5) is 5.69 Å². The van der Waals surface area contributed by atoms with Crippen molar-refractivity contribution in [2.45, 2.75) is 33.1 Å². The summed E-state index contributed by atoms with van der Waals surface area (Å²) in [5, 5.41) is 2.77. The Hall–Kier alpha value is -2.10. The summed E-state index contributed by atoms with van der Waals surface area (Å²) >= 11 is 0. The van der Waals surface area contributed by atoms with Gasteiger partial charge >= 0.3 is 5.97 Å². The van der Waals surface area contributed by atoms with Gasteiger partial charge in [0, 0.05) is 5.69 Å². The van der Waals surface area contributed by atoms with Crippen molar-refractivity contribution in [3.8, 4) is 0 Å². The number of aryl methyl sites for hydroxylation is 1. The first kappa shape index (κ1) is 15.3. The smallest absolute Gasteiger partial charge is 0.306 e. The molecule has 4 heteroatoms. The third kappa shape index (κ3) is 4.45. The Kier molecular flexibility index (Phi) is 5.14. The van der Waals surface area contributed by atoms with Gasteiger partial charge in [-0.3, -0.25) is 9.59 Å². The topological polar surface area (TPSA) is 55.4 Å². The van der Waals surface area contributed by atoms with Crippen molar-refractivity contribution in [2.24, 2.45) is 5.92 Å². The van der Waals surface area contributed by atoms with Crippen molar-refractivity contribution in [3.63, 3.8) is 0 Å². The Balaban J connectivity index is 1.78. The lowest BCUT2D eigenvalue weighted by Crippen LogP contribution is -2.22. The van der Waals surface area contributed by atoms with Gasteiger partial charge in [0.15, 0.2) is 6.61 Å². The first-order valence-electron chi connectivity index (χ1n) is 7.24. The number of esters is 1. The third-order valence-electron chi connectivity index (χ3n) is 3.78. The third-order valence-corrected chi connectivity index (χ3v) is 3.78. The summed E-state index contributed by atoms with van der Waals surface area (Å²) in [4.78, 5) is 23.5. The second-order valence-electron chi connectivity index (χ2n) is 5.43. The van der Waals surface area contributed by atoms with Gasteiger partial charge in [-0.15, -0.1) is 0 Å². The Labute approximate surface area is 125 Å². The summed E-state index contributed by atoms with van der Waals surface area (Å²) in [6, 6.07) is 5.71. The number of hydrogen-bond acceptors (Lipinski definition) is 3. The van der Waals surface area contributed by atoms with Crippen LogP contribution in [0.15, 0.2) is 30.4 Å². The molecule has 1 atom stereocenters. The molecule has 1 aromatic carbocycles. The average molecular weight is 287 g/mol. The highest BCUT2D eigenvalue weighted by atomic mass is 16.5. The molecule has 1 aliphatic rings. The van der Waals surface area contributed by atoms with E-state index in [1.54, 1.807) is 0 Å². The van der Waals surface area contributed by atoms with Gasteiger partial charge in [-0.2, -0.15) is 0 Å². The van der Waals surface area contributed by atoms with E-state index in [9.17, 15) is 9.59 Å². The molecule has 1 N–H and O–H groups in total. The van der Waals surface area contributed by atoms with Crippen LogP contribution in [0.1, 0.15) is 30.4 Å². The van der Waals surface area contributed by atoms with Gasteiger partial charge in [0.25, 0.3) is 5.91 Å². The van der Waals surface area contributed by atoms with Crippen molar-refractivity contribution >= 4 is 17.6 Å². The van der Waals surface area contributed by atoms with Gasteiger partial charge < -0.3 is 10.1 Å². The Morgan fingerprint density at radius 3 is 2.86 bits per heavy atom. The van der Waals surface area contributed by atoms with Gasteiger partial charge in [0.1, 0.15) is 0 Å². The SMILES string of the molecule is Cc1cccc(NC(=O)COC(=O)C[C@@H]2C=CCC2)c1C. The molecule has 0 radical (unpaired) electrons. The molecule has 0 aromatic heterocycles. The normalized spacial score (nSPS) is 16.8. The molecular weight excluding hydrogens is 266 g/mol. The molecule has 112 valence electrons. The second-order valence-corrected chi connectivity index (χ2v) is 5.43. The van der Waals surface area contributed by atoms with E-state index in [1.165, 1.54) is 0 Å². The molecule has 0 fully saturated rings. The molecule has 0 unspecified atom stereocenters. The number of nitrogens with one attached hydrogen (secondary N) is 1. The minimum Gasteiger partial charge on any atom is -0.456 e. The summed E-state index contributed by atoms with van der Waals surface area (Å²) in [7, 11) is 0. The molecule has 0 aliphatic heterocycles. The van der Waals surface area contributed by atoms with E-state index < -0.39 is 0 Å². The quantitative estimate of drug-likeness (QED) is 0.668. The highest BCUT2D eigenvalue weighted by molar-refractivity contribution is 5.93. The van der Waals surface area contributed by atoms with Crippen LogP contribution in [0.5, 0.6) is 0 Å². The molecule has 1 amide bonds. The lowest BCUT2D eigenvalue weighted by Gasteiger charge is -2.11. The van der Waals surface area contributed by atoms with Crippen molar-refractivity contribution in [3.05, 3.63) is 41.5 Å². The lowest BCUT2D eigenvalue weighted by atomic mass is 10.1. The first-order chi connectivity index (χ1) is 10.1. The van der Waals surface area contributed by atoms with Crippen LogP contribution in [0.25, 0.3) is 0 Å². The minimum absolute atomic E-state index is 0.233. The highest BCUT2D eigenvalue weighted by Gasteiger charge is 2.16. The maximum absolute atomic E-state index is 11.8. The fourth-order valence-electron chi connectivity index (χ4n) is 2.36. The first-order valence-corrected chi connectivity index (χ1v) is 7.24. The number of anilines is 1. The number of rotatable bonds is 5. The molecule has 0 saturated carbocycles. The van der Waals surface area contributed by atoms with E-state index in [2.05, 4.69) is 11.4 Å². The standard InChI is InChI=1S/C17H21NO3/c1-12-6-5-9-15(13(12)2)18-16(19)11-21-17(20)10-14-7-3-4-8-14/h3,5-7,9,14H,4,8,10-11H2,1-2H3,(H,18,19)/t14-/m1/s1. The number of carbonyl (C=O) groups excluding carboxylic acids is 2. The Morgan fingerprint density at radius 1 is 1.33 bits per heavy atom. The zero-order valence-corrected chi connectivity index (χ0v) is 12.5. The van der Waals surface area contributed by atoms with E-state index in [0.29, 0.717) is 6.42 Å². The second kappa shape index (κ2) is 7.07. The summed E-state index contributed by atoms with van der Waals surface area (Å²) < 4.78 is 5.02. The van der Waals surface area contributed by atoms with E-state index in [1.807, 2.05) is 38.1 Å². The summed E-state index contributed by atoms with van der Waals surface area (Å²) in [5.74, 6) is -0.360. The highest BCUT2D eigenvalue weighted by Crippen LogP contribution is 2.21. The van der Waals surface area contributed by atoms with Gasteiger partial charge in [-0.25, -0.2) is 0 Å². The molecule has 21 heavy (non-hydrogen) atoms.